The molecule has 14 heavy (non-hydrogen) atoms. The maximum absolute atomic E-state index is 11.5. The fraction of sp³-hybridized carbons (Fsp3) is 0.500. The number of furan rings is 1. The van der Waals surface area contributed by atoms with Crippen molar-refractivity contribution in [2.75, 3.05) is 13.2 Å². The van der Waals surface area contributed by atoms with Crippen molar-refractivity contribution in [3.8, 4) is 0 Å². The maximum Gasteiger partial charge on any atom is 0.522 e. The zero-order valence-electron chi connectivity index (χ0n) is 7.30. The van der Waals surface area contributed by atoms with Gasteiger partial charge in [0.2, 0.25) is 0 Å². The highest BCUT2D eigenvalue weighted by atomic mass is 19.4. The van der Waals surface area contributed by atoms with Crippen LogP contribution in [0.2, 0.25) is 0 Å². The number of ether oxygens (including phenoxy) is 1. The van der Waals surface area contributed by atoms with Gasteiger partial charge in [-0.2, -0.15) is 0 Å². The molecule has 0 atom stereocenters. The third-order valence-electron chi connectivity index (χ3n) is 1.45. The third-order valence-corrected chi connectivity index (χ3v) is 1.45. The lowest BCUT2D eigenvalue weighted by Gasteiger charge is -2.07. The number of rotatable bonds is 5. The van der Waals surface area contributed by atoms with Gasteiger partial charge in [0, 0.05) is 18.7 Å². The van der Waals surface area contributed by atoms with Crippen molar-refractivity contribution >= 4 is 0 Å². The molecule has 1 rings (SSSR count). The molecular weight excluding hydrogens is 199 g/mol. The van der Waals surface area contributed by atoms with Crippen LogP contribution in [0.3, 0.4) is 0 Å². The van der Waals surface area contributed by atoms with Crippen molar-refractivity contribution in [1.29, 1.82) is 0 Å². The van der Waals surface area contributed by atoms with E-state index < -0.39 is 6.36 Å². The highest BCUT2D eigenvalue weighted by Crippen LogP contribution is 2.15. The van der Waals surface area contributed by atoms with Crippen LogP contribution in [0.1, 0.15) is 5.56 Å². The highest BCUT2D eigenvalue weighted by molar-refractivity contribution is 5.04. The molecule has 0 radical (unpaired) electrons. The summed E-state index contributed by atoms with van der Waals surface area (Å²) in [4.78, 5) is 0. The van der Waals surface area contributed by atoms with E-state index in [1.165, 1.54) is 12.5 Å². The van der Waals surface area contributed by atoms with Crippen LogP contribution >= 0.6 is 0 Å². The van der Waals surface area contributed by atoms with Crippen molar-refractivity contribution in [3.63, 3.8) is 0 Å². The minimum absolute atomic E-state index is 0.144. The van der Waals surface area contributed by atoms with Gasteiger partial charge in [-0.05, 0) is 6.07 Å². The van der Waals surface area contributed by atoms with Crippen LogP contribution in [-0.2, 0) is 11.3 Å². The van der Waals surface area contributed by atoms with Gasteiger partial charge < -0.3 is 9.73 Å². The minimum atomic E-state index is -4.54. The summed E-state index contributed by atoms with van der Waals surface area (Å²) in [7, 11) is 0. The molecule has 0 amide bonds. The molecule has 1 aromatic rings. The van der Waals surface area contributed by atoms with Crippen LogP contribution in [0, 0.1) is 0 Å². The summed E-state index contributed by atoms with van der Waals surface area (Å²) in [6, 6.07) is 1.73. The van der Waals surface area contributed by atoms with E-state index in [2.05, 4.69) is 10.1 Å². The molecule has 0 aromatic carbocycles. The summed E-state index contributed by atoms with van der Waals surface area (Å²) in [5, 5.41) is 2.78. The average Bonchev–Trinajstić information content (AvgIpc) is 2.54. The first kappa shape index (κ1) is 11.1. The lowest BCUT2D eigenvalue weighted by atomic mass is 10.3. The molecule has 3 nitrogen and oxygen atoms in total. The number of nitrogens with one attached hydrogen (secondary N) is 1. The van der Waals surface area contributed by atoms with Gasteiger partial charge in [-0.25, -0.2) is 0 Å². The summed E-state index contributed by atoms with van der Waals surface area (Å²) in [6.45, 7) is 0.226. The molecule has 1 aromatic heterocycles. The predicted molar refractivity (Wildman–Crippen MR) is 42.4 cm³/mol. The molecule has 0 fully saturated rings. The number of halogens is 3. The Morgan fingerprint density at radius 2 is 2.21 bits per heavy atom. The van der Waals surface area contributed by atoms with Gasteiger partial charge in [-0.1, -0.05) is 0 Å². The van der Waals surface area contributed by atoms with Crippen LogP contribution in [0.4, 0.5) is 13.2 Å². The Morgan fingerprint density at radius 1 is 1.43 bits per heavy atom. The van der Waals surface area contributed by atoms with Crippen molar-refractivity contribution in [3.05, 3.63) is 24.2 Å². The second kappa shape index (κ2) is 5.02. The van der Waals surface area contributed by atoms with Crippen LogP contribution < -0.4 is 5.32 Å². The molecule has 0 bridgehead atoms. The molecular formula is C8H10F3NO2. The molecule has 0 saturated carbocycles. The monoisotopic (exact) mass is 209 g/mol. The van der Waals surface area contributed by atoms with Gasteiger partial charge in [-0.3, -0.25) is 4.74 Å². The maximum atomic E-state index is 11.5. The van der Waals surface area contributed by atoms with Crippen LogP contribution in [0.5, 0.6) is 0 Å². The third kappa shape index (κ3) is 4.88. The van der Waals surface area contributed by atoms with E-state index in [1.807, 2.05) is 0 Å². The molecule has 80 valence electrons. The Labute approximate surface area is 78.8 Å². The van der Waals surface area contributed by atoms with E-state index in [4.69, 9.17) is 4.42 Å². The van der Waals surface area contributed by atoms with Crippen LogP contribution in [-0.4, -0.2) is 19.5 Å². The van der Waals surface area contributed by atoms with Gasteiger partial charge >= 0.3 is 6.36 Å². The molecule has 1 heterocycles. The molecule has 0 aliphatic rings. The molecule has 1 N–H and O–H groups in total. The topological polar surface area (TPSA) is 34.4 Å². The molecule has 0 spiro atoms. The second-order valence-corrected chi connectivity index (χ2v) is 2.60. The Morgan fingerprint density at radius 3 is 2.79 bits per heavy atom. The SMILES string of the molecule is FC(F)(F)OCCNCc1ccoc1. The first-order chi connectivity index (χ1) is 6.58. The summed E-state index contributed by atoms with van der Waals surface area (Å²) in [5.74, 6) is 0. The zero-order chi connectivity index (χ0) is 10.4. The summed E-state index contributed by atoms with van der Waals surface area (Å²) in [5.41, 5.74) is 0.886. The van der Waals surface area contributed by atoms with Crippen molar-refractivity contribution in [2.24, 2.45) is 0 Å². The van der Waals surface area contributed by atoms with Crippen molar-refractivity contribution < 1.29 is 22.3 Å². The van der Waals surface area contributed by atoms with E-state index in [9.17, 15) is 13.2 Å². The number of alkyl halides is 3. The smallest absolute Gasteiger partial charge is 0.472 e. The van der Waals surface area contributed by atoms with Crippen LogP contribution in [0.15, 0.2) is 23.0 Å². The largest absolute Gasteiger partial charge is 0.522 e. The fourth-order valence-corrected chi connectivity index (χ4v) is 0.865. The highest BCUT2D eigenvalue weighted by Gasteiger charge is 2.28. The Hall–Kier alpha value is -1.01. The van der Waals surface area contributed by atoms with E-state index in [-0.39, 0.29) is 13.2 Å². The Balaban J connectivity index is 2.00. The number of hydrogen-bond donors (Lipinski definition) is 1. The lowest BCUT2D eigenvalue weighted by molar-refractivity contribution is -0.323. The normalized spacial score (nSPS) is 11.9. The molecule has 0 saturated heterocycles. The average molecular weight is 209 g/mol. The molecule has 0 aliphatic heterocycles. The van der Waals surface area contributed by atoms with Gasteiger partial charge in [0.15, 0.2) is 0 Å². The minimum Gasteiger partial charge on any atom is -0.472 e. The lowest BCUT2D eigenvalue weighted by Crippen LogP contribution is -2.23. The van der Waals surface area contributed by atoms with E-state index in [1.54, 1.807) is 6.07 Å². The van der Waals surface area contributed by atoms with Gasteiger partial charge in [0.25, 0.3) is 0 Å². The van der Waals surface area contributed by atoms with Gasteiger partial charge in [0.1, 0.15) is 0 Å². The zero-order valence-corrected chi connectivity index (χ0v) is 7.30. The van der Waals surface area contributed by atoms with Crippen molar-refractivity contribution in [2.45, 2.75) is 12.9 Å². The van der Waals surface area contributed by atoms with Gasteiger partial charge in [-0.15, -0.1) is 13.2 Å². The second-order valence-electron chi connectivity index (χ2n) is 2.60. The van der Waals surface area contributed by atoms with E-state index in [0.717, 1.165) is 5.56 Å². The first-order valence-electron chi connectivity index (χ1n) is 4.00. The molecule has 6 heteroatoms. The molecule has 0 unspecified atom stereocenters. The summed E-state index contributed by atoms with van der Waals surface area (Å²) >= 11 is 0. The van der Waals surface area contributed by atoms with Crippen LogP contribution in [0.25, 0.3) is 0 Å². The van der Waals surface area contributed by atoms with E-state index >= 15 is 0 Å². The summed E-state index contributed by atoms with van der Waals surface area (Å²) in [6.07, 6.45) is -1.52. The number of hydrogen-bond acceptors (Lipinski definition) is 3. The van der Waals surface area contributed by atoms with E-state index in [0.29, 0.717) is 6.54 Å². The Bertz CT molecular complexity index is 246. The first-order valence-corrected chi connectivity index (χ1v) is 4.00. The molecule has 0 aliphatic carbocycles. The quantitative estimate of drug-likeness (QED) is 0.752. The summed E-state index contributed by atoms with van der Waals surface area (Å²) < 4.78 is 42.8. The fourth-order valence-electron chi connectivity index (χ4n) is 0.865. The Kier molecular flexibility index (Phi) is 3.97. The standard InChI is InChI=1S/C8H10F3NO2/c9-8(10,11)14-4-2-12-5-7-1-3-13-6-7/h1,3,6,12H,2,4-5H2. The van der Waals surface area contributed by atoms with Crippen molar-refractivity contribution in [1.82, 2.24) is 5.32 Å². The predicted octanol–water partition coefficient (Wildman–Crippen LogP) is 1.91. The van der Waals surface area contributed by atoms with Gasteiger partial charge in [0.05, 0.1) is 19.1 Å².